The third kappa shape index (κ3) is 5.64. The van der Waals surface area contributed by atoms with Gasteiger partial charge in [-0.2, -0.15) is 4.57 Å². The molecule has 0 saturated carbocycles. The number of aryl methyl sites for hydroxylation is 1. The summed E-state index contributed by atoms with van der Waals surface area (Å²) in [7, 11) is -1.87. The number of rotatable bonds is 8. The molecule has 0 N–H and O–H groups in total. The molecule has 0 atom stereocenters. The van der Waals surface area contributed by atoms with Gasteiger partial charge in [-0.1, -0.05) is 6.07 Å². The summed E-state index contributed by atoms with van der Waals surface area (Å²) in [5.41, 5.74) is 2.81. The van der Waals surface area contributed by atoms with Gasteiger partial charge in [0.25, 0.3) is 0 Å². The molecule has 156 valence electrons. The lowest BCUT2D eigenvalue weighted by Gasteiger charge is -2.16. The average Bonchev–Trinajstić information content (AvgIpc) is 2.72. The quantitative estimate of drug-likeness (QED) is 0.408. The number of carbonyl (C=O) groups is 1. The molecule has 0 aliphatic carbocycles. The van der Waals surface area contributed by atoms with Gasteiger partial charge in [0.15, 0.2) is 12.4 Å². The Morgan fingerprint density at radius 3 is 2.33 bits per heavy atom. The summed E-state index contributed by atoms with van der Waals surface area (Å²) < 4.78 is 31.9. The Labute approximate surface area is 176 Å². The van der Waals surface area contributed by atoms with Crippen LogP contribution in [0.5, 0.6) is 5.75 Å². The van der Waals surface area contributed by atoms with E-state index in [1.807, 2.05) is 25.1 Å². The Bertz CT molecular complexity index is 1130. The molecule has 0 unspecified atom stereocenters. The third-order valence-corrected chi connectivity index (χ3v) is 5.78. The van der Waals surface area contributed by atoms with Crippen molar-refractivity contribution in [2.24, 2.45) is 0 Å². The van der Waals surface area contributed by atoms with Crippen molar-refractivity contribution in [3.63, 3.8) is 0 Å². The highest BCUT2D eigenvalue weighted by atomic mass is 32.2. The van der Waals surface area contributed by atoms with Gasteiger partial charge < -0.3 is 4.74 Å². The second kappa shape index (κ2) is 9.04. The topological polar surface area (TPSA) is 80.5 Å². The number of Topliss-reactive ketones (excluding diaryl/α,β-unsaturated/α-hetero) is 1. The van der Waals surface area contributed by atoms with Crippen molar-refractivity contribution in [2.45, 2.75) is 20.1 Å². The van der Waals surface area contributed by atoms with Crippen LogP contribution >= 0.6 is 0 Å². The summed E-state index contributed by atoms with van der Waals surface area (Å²) in [6.45, 7) is 2.48. The summed E-state index contributed by atoms with van der Waals surface area (Å²) in [6.07, 6.45) is 4.69. The molecule has 30 heavy (non-hydrogen) atoms. The van der Waals surface area contributed by atoms with E-state index in [0.29, 0.717) is 23.6 Å². The molecule has 2 heterocycles. The lowest BCUT2D eigenvalue weighted by Crippen LogP contribution is -2.37. The lowest BCUT2D eigenvalue weighted by molar-refractivity contribution is -0.683. The molecule has 2 aromatic heterocycles. The second-order valence-electron chi connectivity index (χ2n) is 6.97. The first-order valence-corrected chi connectivity index (χ1v) is 11.2. The number of pyridine rings is 2. The Hall–Kier alpha value is -3.26. The zero-order valence-electron chi connectivity index (χ0n) is 17.1. The first-order valence-electron chi connectivity index (χ1n) is 9.34. The van der Waals surface area contributed by atoms with Gasteiger partial charge in [-0.25, -0.2) is 8.42 Å². The van der Waals surface area contributed by atoms with Crippen LogP contribution in [0.4, 0.5) is 5.69 Å². The zero-order chi connectivity index (χ0) is 21.7. The van der Waals surface area contributed by atoms with Crippen LogP contribution in [0, 0.1) is 6.92 Å². The molecular formula is C22H24N3O4S+. The van der Waals surface area contributed by atoms with Crippen molar-refractivity contribution in [2.75, 3.05) is 17.6 Å². The monoisotopic (exact) mass is 426 g/mol. The maximum absolute atomic E-state index is 12.5. The van der Waals surface area contributed by atoms with Crippen molar-refractivity contribution in [3.8, 4) is 5.75 Å². The van der Waals surface area contributed by atoms with Crippen molar-refractivity contribution in [1.29, 1.82) is 0 Å². The molecule has 0 fully saturated rings. The molecule has 0 aliphatic rings. The minimum atomic E-state index is -3.34. The summed E-state index contributed by atoms with van der Waals surface area (Å²) in [5, 5.41) is 0. The van der Waals surface area contributed by atoms with Gasteiger partial charge in [0.05, 0.1) is 17.6 Å². The molecule has 0 saturated heterocycles. The molecule has 0 amide bonds. The van der Waals surface area contributed by atoms with Gasteiger partial charge in [0.2, 0.25) is 22.4 Å². The van der Waals surface area contributed by atoms with Crippen molar-refractivity contribution < 1.29 is 22.5 Å². The van der Waals surface area contributed by atoms with E-state index in [4.69, 9.17) is 4.74 Å². The van der Waals surface area contributed by atoms with E-state index in [2.05, 4.69) is 4.98 Å². The van der Waals surface area contributed by atoms with Crippen LogP contribution in [-0.2, 0) is 23.2 Å². The SMILES string of the molecule is Cc1cccc(COc2cc[n+](CC(=O)c3ccc(N(C)S(C)(=O)=O)cc3)cc2)n1. The number of ketones is 1. The van der Waals surface area contributed by atoms with Crippen LogP contribution < -0.4 is 13.6 Å². The first-order chi connectivity index (χ1) is 14.2. The number of hydrogen-bond donors (Lipinski definition) is 0. The fourth-order valence-corrected chi connectivity index (χ4v) is 3.29. The molecule has 1 aromatic carbocycles. The maximum atomic E-state index is 12.5. The molecule has 3 rings (SSSR count). The predicted molar refractivity (Wildman–Crippen MR) is 114 cm³/mol. The van der Waals surface area contributed by atoms with Crippen LogP contribution in [0.15, 0.2) is 67.0 Å². The maximum Gasteiger partial charge on any atom is 0.231 e. The molecular weight excluding hydrogens is 402 g/mol. The smallest absolute Gasteiger partial charge is 0.231 e. The number of benzene rings is 1. The van der Waals surface area contributed by atoms with Crippen LogP contribution in [-0.4, -0.2) is 32.5 Å². The summed E-state index contributed by atoms with van der Waals surface area (Å²) in [4.78, 5) is 16.9. The third-order valence-electron chi connectivity index (χ3n) is 4.57. The Balaban J connectivity index is 1.59. The zero-order valence-corrected chi connectivity index (χ0v) is 18.0. The van der Waals surface area contributed by atoms with Gasteiger partial charge >= 0.3 is 0 Å². The van der Waals surface area contributed by atoms with Crippen molar-refractivity contribution in [3.05, 3.63) is 83.9 Å². The molecule has 8 heteroatoms. The number of carbonyl (C=O) groups excluding carboxylic acids is 1. The van der Waals surface area contributed by atoms with Crippen molar-refractivity contribution in [1.82, 2.24) is 4.98 Å². The van der Waals surface area contributed by atoms with E-state index in [0.717, 1.165) is 17.6 Å². The lowest BCUT2D eigenvalue weighted by atomic mass is 10.1. The highest BCUT2D eigenvalue weighted by molar-refractivity contribution is 7.92. The Morgan fingerprint density at radius 1 is 1.07 bits per heavy atom. The normalized spacial score (nSPS) is 11.2. The van der Waals surface area contributed by atoms with E-state index in [1.54, 1.807) is 53.4 Å². The van der Waals surface area contributed by atoms with Crippen LogP contribution in [0.25, 0.3) is 0 Å². The van der Waals surface area contributed by atoms with Gasteiger partial charge in [-0.05, 0) is 43.3 Å². The minimum absolute atomic E-state index is 0.0776. The number of sulfonamides is 1. The molecule has 0 radical (unpaired) electrons. The number of hydrogen-bond acceptors (Lipinski definition) is 5. The van der Waals surface area contributed by atoms with Crippen LogP contribution in [0.2, 0.25) is 0 Å². The van der Waals surface area contributed by atoms with Gasteiger partial charge in [0.1, 0.15) is 12.4 Å². The Kier molecular flexibility index (Phi) is 6.47. The van der Waals surface area contributed by atoms with E-state index >= 15 is 0 Å². The number of anilines is 1. The second-order valence-corrected chi connectivity index (χ2v) is 8.98. The molecule has 0 spiro atoms. The fourth-order valence-electron chi connectivity index (χ4n) is 2.79. The Morgan fingerprint density at radius 2 is 1.73 bits per heavy atom. The standard InChI is InChI=1S/C22H24N3O4S/c1-17-5-4-6-19(23-17)16-29-21-11-13-25(14-12-21)15-22(26)18-7-9-20(10-8-18)24(2)30(3,27)28/h4-14H,15-16H2,1-3H3/q+1. The number of aromatic nitrogens is 2. The minimum Gasteiger partial charge on any atom is -0.487 e. The van der Waals surface area contributed by atoms with E-state index < -0.39 is 10.0 Å². The number of ether oxygens (including phenoxy) is 1. The van der Waals surface area contributed by atoms with E-state index in [9.17, 15) is 13.2 Å². The van der Waals surface area contributed by atoms with Gasteiger partial charge in [-0.3, -0.25) is 14.1 Å². The highest BCUT2D eigenvalue weighted by Gasteiger charge is 2.15. The average molecular weight is 427 g/mol. The predicted octanol–water partition coefficient (Wildman–Crippen LogP) is 2.54. The fraction of sp³-hybridized carbons (Fsp3) is 0.227. The van der Waals surface area contributed by atoms with Gasteiger partial charge in [0, 0.05) is 30.4 Å². The molecule has 3 aromatic rings. The summed E-state index contributed by atoms with van der Waals surface area (Å²) >= 11 is 0. The van der Waals surface area contributed by atoms with Crippen LogP contribution in [0.3, 0.4) is 0 Å². The summed E-state index contributed by atoms with van der Waals surface area (Å²) in [6, 6.07) is 15.9. The first kappa shape index (κ1) is 21.4. The summed E-state index contributed by atoms with van der Waals surface area (Å²) in [5.74, 6) is 0.612. The molecule has 7 nitrogen and oxygen atoms in total. The molecule has 0 aliphatic heterocycles. The van der Waals surface area contributed by atoms with Gasteiger partial charge in [-0.15, -0.1) is 0 Å². The van der Waals surface area contributed by atoms with Crippen molar-refractivity contribution >= 4 is 21.5 Å². The molecule has 0 bridgehead atoms. The highest BCUT2D eigenvalue weighted by Crippen LogP contribution is 2.17. The largest absolute Gasteiger partial charge is 0.487 e. The number of nitrogens with zero attached hydrogens (tertiary/aromatic N) is 3. The van der Waals surface area contributed by atoms with E-state index in [-0.39, 0.29) is 12.3 Å². The van der Waals surface area contributed by atoms with E-state index in [1.165, 1.54) is 11.4 Å². The van der Waals surface area contributed by atoms with Crippen LogP contribution in [0.1, 0.15) is 21.7 Å².